The van der Waals surface area contributed by atoms with Crippen molar-refractivity contribution in [3.05, 3.63) is 35.9 Å². The molecular formula is C8H8FNS. The molecule has 1 rings (SSSR count). The molecule has 11 heavy (non-hydrogen) atoms. The van der Waals surface area contributed by atoms with Crippen molar-refractivity contribution in [2.45, 2.75) is 0 Å². The highest BCUT2D eigenvalue weighted by Gasteiger charge is 1.96. The quantitative estimate of drug-likeness (QED) is 0.536. The van der Waals surface area contributed by atoms with E-state index >= 15 is 0 Å². The molecule has 0 amide bonds. The SMILES string of the molecule is FCNC(=S)c1ccccc1. The maximum Gasteiger partial charge on any atom is 0.160 e. The van der Waals surface area contributed by atoms with Crippen LogP contribution in [-0.2, 0) is 0 Å². The molecular weight excluding hydrogens is 161 g/mol. The summed E-state index contributed by atoms with van der Waals surface area (Å²) in [7, 11) is 0. The van der Waals surface area contributed by atoms with Crippen LogP contribution in [0.5, 0.6) is 0 Å². The molecule has 58 valence electrons. The standard InChI is InChI=1S/C8H8FNS/c9-6-10-8(11)7-4-2-1-3-5-7/h1-5H,6H2,(H,10,11). The molecule has 0 fully saturated rings. The molecule has 0 aromatic heterocycles. The normalized spacial score (nSPS) is 9.18. The largest absolute Gasteiger partial charge is 0.349 e. The first-order valence-electron chi connectivity index (χ1n) is 3.24. The molecule has 0 saturated carbocycles. The Labute approximate surface area is 70.2 Å². The Kier molecular flexibility index (Phi) is 2.98. The van der Waals surface area contributed by atoms with E-state index in [0.717, 1.165) is 5.56 Å². The summed E-state index contributed by atoms with van der Waals surface area (Å²) in [5.74, 6) is 0. The summed E-state index contributed by atoms with van der Waals surface area (Å²) in [6.07, 6.45) is 0. The number of nitrogens with one attached hydrogen (secondary N) is 1. The maximum atomic E-state index is 11.7. The van der Waals surface area contributed by atoms with Gasteiger partial charge in [0.05, 0.1) is 0 Å². The Bertz CT molecular complexity index is 235. The fourth-order valence-corrected chi connectivity index (χ4v) is 0.943. The first-order chi connectivity index (χ1) is 5.34. The lowest BCUT2D eigenvalue weighted by molar-refractivity contribution is 0.478. The van der Waals surface area contributed by atoms with Crippen molar-refractivity contribution in [3.63, 3.8) is 0 Å². The van der Waals surface area contributed by atoms with E-state index < -0.39 is 6.80 Å². The fraction of sp³-hybridized carbons (Fsp3) is 0.125. The van der Waals surface area contributed by atoms with Crippen molar-refractivity contribution >= 4 is 17.2 Å². The van der Waals surface area contributed by atoms with Crippen LogP contribution in [0.2, 0.25) is 0 Å². The molecule has 0 atom stereocenters. The zero-order valence-electron chi connectivity index (χ0n) is 5.88. The summed E-state index contributed by atoms with van der Waals surface area (Å²) in [5.41, 5.74) is 0.847. The molecule has 0 bridgehead atoms. The van der Waals surface area contributed by atoms with E-state index in [1.54, 1.807) is 0 Å². The Morgan fingerprint density at radius 3 is 2.55 bits per heavy atom. The number of alkyl halides is 1. The number of benzene rings is 1. The van der Waals surface area contributed by atoms with Crippen molar-refractivity contribution in [3.8, 4) is 0 Å². The molecule has 1 N–H and O–H groups in total. The van der Waals surface area contributed by atoms with Gasteiger partial charge in [-0.25, -0.2) is 4.39 Å². The van der Waals surface area contributed by atoms with E-state index in [1.165, 1.54) is 0 Å². The lowest BCUT2D eigenvalue weighted by Crippen LogP contribution is -2.20. The topological polar surface area (TPSA) is 12.0 Å². The van der Waals surface area contributed by atoms with Gasteiger partial charge in [-0.2, -0.15) is 0 Å². The average molecular weight is 169 g/mol. The Morgan fingerprint density at radius 1 is 1.36 bits per heavy atom. The Balaban J connectivity index is 2.69. The molecule has 1 aromatic rings. The zero-order chi connectivity index (χ0) is 8.10. The monoisotopic (exact) mass is 169 g/mol. The van der Waals surface area contributed by atoms with Crippen LogP contribution < -0.4 is 5.32 Å². The third-order valence-corrected chi connectivity index (χ3v) is 1.64. The number of hydrogen-bond acceptors (Lipinski definition) is 1. The summed E-state index contributed by atoms with van der Waals surface area (Å²) < 4.78 is 11.7. The second kappa shape index (κ2) is 4.03. The van der Waals surface area contributed by atoms with E-state index in [0.29, 0.717) is 4.99 Å². The van der Waals surface area contributed by atoms with Gasteiger partial charge in [0.1, 0.15) is 4.99 Å². The highest BCUT2D eigenvalue weighted by Crippen LogP contribution is 1.98. The van der Waals surface area contributed by atoms with Crippen LogP contribution in [0, 0.1) is 0 Å². The van der Waals surface area contributed by atoms with Crippen LogP contribution in [0.25, 0.3) is 0 Å². The molecule has 1 nitrogen and oxygen atoms in total. The second-order valence-corrected chi connectivity index (χ2v) is 2.41. The van der Waals surface area contributed by atoms with Crippen LogP contribution in [0.3, 0.4) is 0 Å². The second-order valence-electron chi connectivity index (χ2n) is 2.01. The smallest absolute Gasteiger partial charge is 0.160 e. The lowest BCUT2D eigenvalue weighted by Gasteiger charge is -2.01. The third kappa shape index (κ3) is 2.27. The van der Waals surface area contributed by atoms with Crippen molar-refractivity contribution in [1.29, 1.82) is 0 Å². The van der Waals surface area contributed by atoms with Gasteiger partial charge in [0.2, 0.25) is 0 Å². The van der Waals surface area contributed by atoms with Crippen molar-refractivity contribution in [2.24, 2.45) is 0 Å². The Hall–Kier alpha value is -0.960. The minimum atomic E-state index is -0.617. The number of halogens is 1. The van der Waals surface area contributed by atoms with E-state index in [-0.39, 0.29) is 0 Å². The van der Waals surface area contributed by atoms with E-state index in [9.17, 15) is 4.39 Å². The van der Waals surface area contributed by atoms with Gasteiger partial charge in [-0.05, 0) is 0 Å². The van der Waals surface area contributed by atoms with Gasteiger partial charge in [-0.15, -0.1) is 0 Å². The van der Waals surface area contributed by atoms with Gasteiger partial charge < -0.3 is 5.32 Å². The van der Waals surface area contributed by atoms with Gasteiger partial charge in [-0.1, -0.05) is 42.5 Å². The molecule has 1 aromatic carbocycles. The molecule has 0 unspecified atom stereocenters. The van der Waals surface area contributed by atoms with Crippen LogP contribution in [0.15, 0.2) is 30.3 Å². The molecule has 0 saturated heterocycles. The minimum Gasteiger partial charge on any atom is -0.349 e. The van der Waals surface area contributed by atoms with Crippen LogP contribution in [0.1, 0.15) is 5.56 Å². The van der Waals surface area contributed by atoms with Crippen LogP contribution >= 0.6 is 12.2 Å². The summed E-state index contributed by atoms with van der Waals surface area (Å²) in [6, 6.07) is 9.29. The predicted molar refractivity (Wildman–Crippen MR) is 47.3 cm³/mol. The molecule has 3 heteroatoms. The third-order valence-electron chi connectivity index (χ3n) is 1.26. The van der Waals surface area contributed by atoms with Crippen LogP contribution in [-0.4, -0.2) is 11.8 Å². The van der Waals surface area contributed by atoms with Crippen molar-refractivity contribution in [2.75, 3.05) is 6.80 Å². The maximum absolute atomic E-state index is 11.7. The summed E-state index contributed by atoms with van der Waals surface area (Å²) in [4.78, 5) is 0.452. The first kappa shape index (κ1) is 8.14. The molecule has 0 aliphatic carbocycles. The van der Waals surface area contributed by atoms with E-state index in [1.807, 2.05) is 30.3 Å². The lowest BCUT2D eigenvalue weighted by atomic mass is 10.2. The highest BCUT2D eigenvalue weighted by molar-refractivity contribution is 7.80. The van der Waals surface area contributed by atoms with Gasteiger partial charge >= 0.3 is 0 Å². The van der Waals surface area contributed by atoms with Gasteiger partial charge in [0, 0.05) is 5.56 Å². The highest BCUT2D eigenvalue weighted by atomic mass is 32.1. The number of rotatable bonds is 2. The average Bonchev–Trinajstić information content (AvgIpc) is 2.07. The first-order valence-corrected chi connectivity index (χ1v) is 3.64. The van der Waals surface area contributed by atoms with E-state index in [4.69, 9.17) is 12.2 Å². The Morgan fingerprint density at radius 2 is 2.00 bits per heavy atom. The molecule has 0 heterocycles. The summed E-state index contributed by atoms with van der Waals surface area (Å²) in [5, 5.41) is 2.43. The van der Waals surface area contributed by atoms with E-state index in [2.05, 4.69) is 5.32 Å². The zero-order valence-corrected chi connectivity index (χ0v) is 6.70. The summed E-state index contributed by atoms with van der Waals surface area (Å²) >= 11 is 4.87. The molecule has 0 aliphatic rings. The van der Waals surface area contributed by atoms with Gasteiger partial charge in [0.25, 0.3) is 0 Å². The number of thiocarbonyl (C=S) groups is 1. The number of hydrogen-bond donors (Lipinski definition) is 1. The van der Waals surface area contributed by atoms with Gasteiger partial charge in [0.15, 0.2) is 6.80 Å². The fourth-order valence-electron chi connectivity index (χ4n) is 0.752. The van der Waals surface area contributed by atoms with Crippen molar-refractivity contribution < 1.29 is 4.39 Å². The molecule has 0 spiro atoms. The summed E-state index contributed by atoms with van der Waals surface area (Å²) in [6.45, 7) is -0.617. The van der Waals surface area contributed by atoms with Crippen molar-refractivity contribution in [1.82, 2.24) is 5.32 Å². The van der Waals surface area contributed by atoms with Gasteiger partial charge in [-0.3, -0.25) is 0 Å². The molecule has 0 aliphatic heterocycles. The molecule has 0 radical (unpaired) electrons. The minimum absolute atomic E-state index is 0.452. The van der Waals surface area contributed by atoms with Crippen LogP contribution in [0.4, 0.5) is 4.39 Å². The predicted octanol–water partition coefficient (Wildman–Crippen LogP) is 1.88.